The zero-order chi connectivity index (χ0) is 17.8. The standard InChI is InChI=1S/C20H27FO4/c1-2-3-4-5-16-9-8-15(12-24-16)17-10-13-6-7-14(11-22)19(21)18(13)20(23)25-17/h6-7,15-17,22H,2-5,8-12H2,1H3. The van der Waals surface area contributed by atoms with E-state index in [0.717, 1.165) is 19.3 Å². The van der Waals surface area contributed by atoms with Crippen LogP contribution in [-0.2, 0) is 22.5 Å². The molecule has 5 heteroatoms. The maximum absolute atomic E-state index is 14.3. The van der Waals surface area contributed by atoms with Crippen LogP contribution in [0, 0.1) is 11.7 Å². The monoisotopic (exact) mass is 350 g/mol. The first-order valence-electron chi connectivity index (χ1n) is 9.37. The Morgan fingerprint density at radius 3 is 2.80 bits per heavy atom. The van der Waals surface area contributed by atoms with Gasteiger partial charge >= 0.3 is 5.97 Å². The number of halogens is 1. The van der Waals surface area contributed by atoms with Crippen LogP contribution in [-0.4, -0.2) is 29.9 Å². The molecule has 0 aliphatic carbocycles. The number of fused-ring (bicyclic) bond motifs is 1. The van der Waals surface area contributed by atoms with Crippen molar-refractivity contribution in [2.75, 3.05) is 6.61 Å². The van der Waals surface area contributed by atoms with Crippen molar-refractivity contribution in [2.45, 2.75) is 70.7 Å². The largest absolute Gasteiger partial charge is 0.458 e. The van der Waals surface area contributed by atoms with Gasteiger partial charge in [0.15, 0.2) is 0 Å². The average molecular weight is 350 g/mol. The third kappa shape index (κ3) is 4.04. The van der Waals surface area contributed by atoms with Crippen LogP contribution in [0.5, 0.6) is 0 Å². The van der Waals surface area contributed by atoms with E-state index in [2.05, 4.69) is 6.92 Å². The Kier molecular flexibility index (Phi) is 6.07. The third-order valence-electron chi connectivity index (χ3n) is 5.42. The Bertz CT molecular complexity index is 608. The van der Waals surface area contributed by atoms with Gasteiger partial charge in [0.25, 0.3) is 0 Å². The van der Waals surface area contributed by atoms with Crippen molar-refractivity contribution in [1.29, 1.82) is 0 Å². The van der Waals surface area contributed by atoms with E-state index in [1.54, 1.807) is 12.1 Å². The Labute approximate surface area is 148 Å². The first kappa shape index (κ1) is 18.3. The van der Waals surface area contributed by atoms with Gasteiger partial charge in [-0.2, -0.15) is 0 Å². The van der Waals surface area contributed by atoms with Crippen LogP contribution in [0.2, 0.25) is 0 Å². The Morgan fingerprint density at radius 1 is 1.28 bits per heavy atom. The summed E-state index contributed by atoms with van der Waals surface area (Å²) in [4.78, 5) is 12.3. The molecule has 138 valence electrons. The van der Waals surface area contributed by atoms with E-state index in [-0.39, 0.29) is 23.1 Å². The molecular weight excluding hydrogens is 323 g/mol. The van der Waals surface area contributed by atoms with Gasteiger partial charge in [-0.3, -0.25) is 0 Å². The Hall–Kier alpha value is -1.46. The van der Waals surface area contributed by atoms with Crippen molar-refractivity contribution >= 4 is 5.97 Å². The second-order valence-corrected chi connectivity index (χ2v) is 7.17. The summed E-state index contributed by atoms with van der Waals surface area (Å²) in [5, 5.41) is 9.16. The van der Waals surface area contributed by atoms with Crippen LogP contribution < -0.4 is 0 Å². The van der Waals surface area contributed by atoms with Gasteiger partial charge in [0.2, 0.25) is 0 Å². The molecule has 2 heterocycles. The molecule has 4 nitrogen and oxygen atoms in total. The molecule has 0 bridgehead atoms. The molecule has 1 saturated heterocycles. The highest BCUT2D eigenvalue weighted by molar-refractivity contribution is 5.92. The number of aliphatic hydroxyl groups is 1. The van der Waals surface area contributed by atoms with Gasteiger partial charge in [-0.25, -0.2) is 9.18 Å². The van der Waals surface area contributed by atoms with E-state index in [9.17, 15) is 9.18 Å². The number of unbranched alkanes of at least 4 members (excludes halogenated alkanes) is 2. The first-order valence-corrected chi connectivity index (χ1v) is 9.37. The highest BCUT2D eigenvalue weighted by Crippen LogP contribution is 2.33. The minimum Gasteiger partial charge on any atom is -0.458 e. The average Bonchev–Trinajstić information content (AvgIpc) is 2.62. The van der Waals surface area contributed by atoms with Crippen LogP contribution in [0.3, 0.4) is 0 Å². The molecule has 1 aromatic rings. The lowest BCUT2D eigenvalue weighted by Gasteiger charge is -2.36. The number of benzene rings is 1. The smallest absolute Gasteiger partial charge is 0.341 e. The van der Waals surface area contributed by atoms with Gasteiger partial charge in [-0.15, -0.1) is 0 Å². The highest BCUT2D eigenvalue weighted by Gasteiger charge is 2.36. The predicted molar refractivity (Wildman–Crippen MR) is 91.8 cm³/mol. The molecule has 1 aromatic carbocycles. The lowest BCUT2D eigenvalue weighted by molar-refractivity contribution is -0.0672. The molecule has 2 aliphatic rings. The van der Waals surface area contributed by atoms with Gasteiger partial charge in [0.1, 0.15) is 11.9 Å². The van der Waals surface area contributed by atoms with Crippen LogP contribution in [0.4, 0.5) is 4.39 Å². The maximum Gasteiger partial charge on any atom is 0.341 e. The number of rotatable bonds is 6. The van der Waals surface area contributed by atoms with Crippen molar-refractivity contribution in [3.05, 3.63) is 34.6 Å². The van der Waals surface area contributed by atoms with Gasteiger partial charge < -0.3 is 14.6 Å². The van der Waals surface area contributed by atoms with Crippen LogP contribution in [0.15, 0.2) is 12.1 Å². The molecule has 3 unspecified atom stereocenters. The molecule has 0 amide bonds. The van der Waals surface area contributed by atoms with Gasteiger partial charge in [0.05, 0.1) is 24.9 Å². The van der Waals surface area contributed by atoms with Crippen molar-refractivity contribution in [3.63, 3.8) is 0 Å². The number of cyclic esters (lactones) is 1. The number of carbonyl (C=O) groups is 1. The fourth-order valence-electron chi connectivity index (χ4n) is 3.86. The number of aliphatic hydroxyl groups excluding tert-OH is 1. The summed E-state index contributed by atoms with van der Waals surface area (Å²) in [6.07, 6.45) is 7.29. The van der Waals surface area contributed by atoms with E-state index < -0.39 is 18.4 Å². The first-order chi connectivity index (χ1) is 12.1. The lowest BCUT2D eigenvalue weighted by atomic mass is 9.85. The Balaban J connectivity index is 1.61. The predicted octanol–water partition coefficient (Wildman–Crippen LogP) is 3.78. The molecule has 3 atom stereocenters. The Morgan fingerprint density at radius 2 is 2.12 bits per heavy atom. The molecule has 2 aliphatic heterocycles. The fourth-order valence-corrected chi connectivity index (χ4v) is 3.86. The maximum atomic E-state index is 14.3. The highest BCUT2D eigenvalue weighted by atomic mass is 19.1. The number of hydrogen-bond donors (Lipinski definition) is 1. The van der Waals surface area contributed by atoms with Crippen molar-refractivity contribution in [1.82, 2.24) is 0 Å². The summed E-state index contributed by atoms with van der Waals surface area (Å²) in [6.45, 7) is 2.37. The fraction of sp³-hybridized carbons (Fsp3) is 0.650. The van der Waals surface area contributed by atoms with E-state index in [1.807, 2.05) is 0 Å². The van der Waals surface area contributed by atoms with Crippen molar-refractivity contribution in [3.8, 4) is 0 Å². The van der Waals surface area contributed by atoms with E-state index in [0.29, 0.717) is 24.7 Å². The number of carbonyl (C=O) groups excluding carboxylic acids is 1. The SMILES string of the molecule is CCCCCC1CCC(C2Cc3ccc(CO)c(F)c3C(=O)O2)CO1. The van der Waals surface area contributed by atoms with Gasteiger partial charge in [-0.1, -0.05) is 38.3 Å². The minimum absolute atomic E-state index is 0.0167. The molecule has 0 spiro atoms. The molecule has 1 fully saturated rings. The van der Waals surface area contributed by atoms with Crippen molar-refractivity contribution < 1.29 is 23.8 Å². The van der Waals surface area contributed by atoms with Crippen LogP contribution in [0.1, 0.15) is 66.9 Å². The minimum atomic E-state index is -0.653. The van der Waals surface area contributed by atoms with Gasteiger partial charge in [-0.05, 0) is 24.8 Å². The zero-order valence-corrected chi connectivity index (χ0v) is 14.8. The van der Waals surface area contributed by atoms with Crippen molar-refractivity contribution in [2.24, 2.45) is 5.92 Å². The quantitative estimate of drug-likeness (QED) is 0.627. The molecule has 3 rings (SSSR count). The lowest BCUT2D eigenvalue weighted by Crippen LogP contribution is -2.40. The van der Waals surface area contributed by atoms with E-state index in [4.69, 9.17) is 14.6 Å². The normalized spacial score (nSPS) is 26.2. The molecule has 1 N–H and O–H groups in total. The zero-order valence-electron chi connectivity index (χ0n) is 14.8. The summed E-state index contributed by atoms with van der Waals surface area (Å²) in [5.41, 5.74) is 0.781. The summed E-state index contributed by atoms with van der Waals surface area (Å²) < 4.78 is 25.8. The second kappa shape index (κ2) is 8.28. The summed E-state index contributed by atoms with van der Waals surface area (Å²) in [6, 6.07) is 3.28. The second-order valence-electron chi connectivity index (χ2n) is 7.17. The van der Waals surface area contributed by atoms with Gasteiger partial charge in [0, 0.05) is 17.9 Å². The van der Waals surface area contributed by atoms with Crippen LogP contribution in [0.25, 0.3) is 0 Å². The summed E-state index contributed by atoms with van der Waals surface area (Å²) in [5.74, 6) is -1.11. The molecular formula is C20H27FO4. The summed E-state index contributed by atoms with van der Waals surface area (Å²) in [7, 11) is 0. The van der Waals surface area contributed by atoms with Crippen LogP contribution >= 0.6 is 0 Å². The number of ether oxygens (including phenoxy) is 2. The number of hydrogen-bond acceptors (Lipinski definition) is 4. The topological polar surface area (TPSA) is 55.8 Å². The molecule has 0 aromatic heterocycles. The molecule has 0 saturated carbocycles. The van der Waals surface area contributed by atoms with E-state index in [1.165, 1.54) is 19.3 Å². The molecule has 25 heavy (non-hydrogen) atoms. The number of esters is 1. The third-order valence-corrected chi connectivity index (χ3v) is 5.42. The van der Waals surface area contributed by atoms with E-state index >= 15 is 0 Å². The molecule has 0 radical (unpaired) electrons. The summed E-state index contributed by atoms with van der Waals surface area (Å²) >= 11 is 0.